The van der Waals surface area contributed by atoms with E-state index in [2.05, 4.69) is 32.2 Å². The Balaban J connectivity index is 1.88. The maximum atomic E-state index is 13.0. The van der Waals surface area contributed by atoms with Crippen molar-refractivity contribution in [1.29, 1.82) is 0 Å². The van der Waals surface area contributed by atoms with E-state index in [0.717, 1.165) is 11.2 Å². The molecule has 2 aromatic heterocycles. The third-order valence-electron chi connectivity index (χ3n) is 5.01. The first-order chi connectivity index (χ1) is 17.5. The lowest BCUT2D eigenvalue weighted by molar-refractivity contribution is -0.141. The predicted octanol–water partition coefficient (Wildman–Crippen LogP) is 1.47. The number of likely N-dealkylation sites (N-methyl/N-ethyl adjacent to an activating group) is 1. The van der Waals surface area contributed by atoms with Gasteiger partial charge in [0.05, 0.1) is 19.2 Å². The molecule has 0 atom stereocenters. The van der Waals surface area contributed by atoms with Gasteiger partial charge in [0.15, 0.2) is 11.5 Å². The Morgan fingerprint density at radius 3 is 2.62 bits per heavy atom. The first-order valence-corrected chi connectivity index (χ1v) is 11.8. The summed E-state index contributed by atoms with van der Waals surface area (Å²) in [6.45, 7) is 3.31. The Kier molecular flexibility index (Phi) is 9.03. The molecule has 0 radical (unpaired) electrons. The molecule has 37 heavy (non-hydrogen) atoms. The van der Waals surface area contributed by atoms with E-state index < -0.39 is 11.9 Å². The molecule has 0 saturated carbocycles. The number of anilines is 2. The zero-order valence-electron chi connectivity index (χ0n) is 20.6. The van der Waals surface area contributed by atoms with Crippen LogP contribution in [0, 0.1) is 18.9 Å². The molecular weight excluding hydrogens is 505 g/mol. The number of aliphatic hydroxyl groups excluding tert-OH is 1. The highest BCUT2D eigenvalue weighted by atomic mass is 28.1. The Bertz CT molecular complexity index is 1360. The summed E-state index contributed by atoms with van der Waals surface area (Å²) in [6, 6.07) is 8.02. The van der Waals surface area contributed by atoms with Crippen LogP contribution in [0.2, 0.25) is 0 Å². The number of aliphatic hydroxyl groups is 1. The number of pyridine rings is 1. The van der Waals surface area contributed by atoms with Crippen LogP contribution in [0.25, 0.3) is 10.9 Å². The number of nitrogens with one attached hydrogen (secondary N) is 1. The highest BCUT2D eigenvalue weighted by molar-refractivity contribution is 6.39. The molecule has 1 aromatic carbocycles. The van der Waals surface area contributed by atoms with Crippen molar-refractivity contribution in [3.05, 3.63) is 41.5 Å². The summed E-state index contributed by atoms with van der Waals surface area (Å²) in [5.74, 6) is 4.27. The maximum absolute atomic E-state index is 13.0. The van der Waals surface area contributed by atoms with E-state index in [-0.39, 0.29) is 18.0 Å². The van der Waals surface area contributed by atoms with Gasteiger partial charge in [-0.2, -0.15) is 13.2 Å². The Morgan fingerprint density at radius 2 is 1.95 bits per heavy atom. The number of halogens is 3. The van der Waals surface area contributed by atoms with E-state index >= 15 is 0 Å². The monoisotopic (exact) mass is 532 g/mol. The van der Waals surface area contributed by atoms with Crippen molar-refractivity contribution in [2.75, 3.05) is 51.5 Å². The summed E-state index contributed by atoms with van der Waals surface area (Å²) in [7, 11) is 5.15. The van der Waals surface area contributed by atoms with Gasteiger partial charge in [-0.25, -0.2) is 15.0 Å². The normalized spacial score (nSPS) is 11.2. The Hall–Kier alpha value is -3.73. The molecule has 9 nitrogen and oxygen atoms in total. The van der Waals surface area contributed by atoms with E-state index in [1.54, 1.807) is 28.9 Å². The number of hydrogen-bond acceptors (Lipinski definition) is 9. The smallest absolute Gasteiger partial charge is 0.433 e. The number of rotatable bonds is 9. The topological polar surface area (TPSA) is 119 Å². The van der Waals surface area contributed by atoms with Crippen LogP contribution in [0.15, 0.2) is 24.3 Å². The number of nitrogen functional groups attached to an aromatic ring is 1. The number of benzene rings is 1. The minimum atomic E-state index is -4.64. The molecule has 3 aromatic rings. The minimum absolute atomic E-state index is 0.0710. The minimum Gasteiger partial charge on any atom is -0.493 e. The molecule has 0 unspecified atom stereocenters. The third-order valence-corrected chi connectivity index (χ3v) is 5.44. The molecule has 0 saturated heterocycles. The lowest BCUT2D eigenvalue weighted by atomic mass is 10.2. The summed E-state index contributed by atoms with van der Waals surface area (Å²) in [5, 5.41) is 13.5. The van der Waals surface area contributed by atoms with Crippen molar-refractivity contribution in [2.45, 2.75) is 13.1 Å². The van der Waals surface area contributed by atoms with Gasteiger partial charge < -0.3 is 25.2 Å². The van der Waals surface area contributed by atoms with Crippen molar-refractivity contribution >= 4 is 37.4 Å². The first kappa shape index (κ1) is 27.8. The van der Waals surface area contributed by atoms with Gasteiger partial charge in [0.25, 0.3) is 0 Å². The molecule has 2 heterocycles. The van der Waals surface area contributed by atoms with Crippen molar-refractivity contribution in [1.82, 2.24) is 19.9 Å². The van der Waals surface area contributed by atoms with E-state index in [4.69, 9.17) is 20.3 Å². The fourth-order valence-corrected chi connectivity index (χ4v) is 3.88. The molecule has 0 amide bonds. The SMILES string of the molecule is COc1cc2nc(C)nc(NC#Cc3cc(N)cc(C(F)(F)F)n3)c2cc1OCC(=[SiH2])CN(C)CCO. The molecule has 0 spiro atoms. The number of nitrogens with two attached hydrogens (primary N) is 1. The summed E-state index contributed by atoms with van der Waals surface area (Å²) in [4.78, 5) is 14.3. The van der Waals surface area contributed by atoms with E-state index in [1.807, 2.05) is 11.9 Å². The van der Waals surface area contributed by atoms with Gasteiger partial charge >= 0.3 is 6.18 Å². The van der Waals surface area contributed by atoms with Crippen LogP contribution >= 0.6 is 0 Å². The van der Waals surface area contributed by atoms with Crippen LogP contribution in [0.3, 0.4) is 0 Å². The van der Waals surface area contributed by atoms with Crippen molar-refractivity contribution in [3.63, 3.8) is 0 Å². The van der Waals surface area contributed by atoms with E-state index in [1.165, 1.54) is 13.2 Å². The van der Waals surface area contributed by atoms with Crippen LogP contribution in [-0.2, 0) is 6.18 Å². The number of hydrogen-bond donors (Lipinski definition) is 3. The highest BCUT2D eigenvalue weighted by Gasteiger charge is 2.33. The number of methoxy groups -OCH3 is 1. The molecule has 0 aliphatic heterocycles. The second-order valence-corrected chi connectivity index (χ2v) is 9.18. The molecule has 4 N–H and O–H groups in total. The number of alkyl halides is 3. The molecule has 0 fully saturated rings. The molecule has 196 valence electrons. The van der Waals surface area contributed by atoms with Crippen molar-refractivity contribution in [2.24, 2.45) is 0 Å². The quantitative estimate of drug-likeness (QED) is 0.214. The molecule has 0 aliphatic rings. The lowest BCUT2D eigenvalue weighted by Crippen LogP contribution is -2.31. The summed E-state index contributed by atoms with van der Waals surface area (Å²) < 4.78 is 50.6. The number of aryl methyl sites for hydroxylation is 1. The second-order valence-electron chi connectivity index (χ2n) is 8.18. The van der Waals surface area contributed by atoms with Gasteiger partial charge in [0, 0.05) is 36.3 Å². The lowest BCUT2D eigenvalue weighted by Gasteiger charge is -2.18. The Labute approximate surface area is 214 Å². The van der Waals surface area contributed by atoms with E-state index in [9.17, 15) is 13.2 Å². The zero-order valence-corrected chi connectivity index (χ0v) is 22.0. The van der Waals surface area contributed by atoms with Crippen molar-refractivity contribution < 1.29 is 27.8 Å². The molecular formula is C24H27F3N6O3Si. The first-order valence-electron chi connectivity index (χ1n) is 11.1. The maximum Gasteiger partial charge on any atom is 0.433 e. The third kappa shape index (κ3) is 7.62. The fourth-order valence-electron chi connectivity index (χ4n) is 3.39. The molecule has 3 rings (SSSR count). The van der Waals surface area contributed by atoms with Crippen molar-refractivity contribution in [3.8, 4) is 23.5 Å². The number of ether oxygens (including phenoxy) is 2. The van der Waals surface area contributed by atoms with Crippen LogP contribution < -0.4 is 20.5 Å². The number of nitrogens with zero attached hydrogens (tertiary/aromatic N) is 4. The highest BCUT2D eigenvalue weighted by Crippen LogP contribution is 2.34. The van der Waals surface area contributed by atoms with Gasteiger partial charge in [-0.1, -0.05) is 0 Å². The van der Waals surface area contributed by atoms with Gasteiger partial charge in [0.2, 0.25) is 0 Å². The van der Waals surface area contributed by atoms with Gasteiger partial charge in [-0.15, -0.1) is 0 Å². The molecule has 13 heteroatoms. The molecule has 0 bridgehead atoms. The van der Waals surface area contributed by atoms with Gasteiger partial charge in [0.1, 0.15) is 29.6 Å². The van der Waals surface area contributed by atoms with Crippen LogP contribution in [0.4, 0.5) is 24.7 Å². The largest absolute Gasteiger partial charge is 0.493 e. The summed E-state index contributed by atoms with van der Waals surface area (Å²) in [5.41, 5.74) is 4.78. The molecule has 0 aliphatic carbocycles. The average molecular weight is 533 g/mol. The van der Waals surface area contributed by atoms with Crippen LogP contribution in [0.1, 0.15) is 17.2 Å². The zero-order chi connectivity index (χ0) is 27.2. The van der Waals surface area contributed by atoms with Gasteiger partial charge in [-0.05, 0) is 53.1 Å². The fraction of sp³-hybridized carbons (Fsp3) is 0.333. The van der Waals surface area contributed by atoms with E-state index in [0.29, 0.717) is 53.7 Å². The van der Waals surface area contributed by atoms with Gasteiger partial charge in [-0.3, -0.25) is 5.32 Å². The predicted molar refractivity (Wildman–Crippen MR) is 139 cm³/mol. The second kappa shape index (κ2) is 12.0. The number of fused-ring (bicyclic) bond motifs is 1. The van der Waals surface area contributed by atoms with Crippen LogP contribution in [0.5, 0.6) is 11.5 Å². The Morgan fingerprint density at radius 1 is 1.19 bits per heavy atom. The summed E-state index contributed by atoms with van der Waals surface area (Å²) >= 11 is 0. The number of aromatic nitrogens is 3. The summed E-state index contributed by atoms with van der Waals surface area (Å²) in [6.07, 6.45) is -4.64. The van der Waals surface area contributed by atoms with Crippen LogP contribution in [-0.4, -0.2) is 80.4 Å². The standard InChI is InChI=1S/C24H27F3N6O3Si/c1-14-30-19-11-20(35-3)21(36-13-17(37)12-33(2)6-7-34)10-18(19)23(31-14)29-5-4-16-8-15(28)9-22(32-16)24(25,26)27/h8-11,34H,6-7,12-13,37H2,1-3H3,(H2,28,32)(H,29,30,31). The average Bonchev–Trinajstić information content (AvgIpc) is 2.81.